The van der Waals surface area contributed by atoms with Crippen molar-refractivity contribution in [3.63, 3.8) is 0 Å². The number of alkyl halides is 9. The zero-order valence-electron chi connectivity index (χ0n) is 7.71. The van der Waals surface area contributed by atoms with E-state index >= 15 is 0 Å². The lowest BCUT2D eigenvalue weighted by Gasteiger charge is -2.24. The molecule has 0 heterocycles. The summed E-state index contributed by atoms with van der Waals surface area (Å²) in [4.78, 5) is 0. The van der Waals surface area contributed by atoms with Crippen molar-refractivity contribution >= 4 is 5.71 Å². The maximum atomic E-state index is 12.0. The molecular formula is C6H5F9N2. The van der Waals surface area contributed by atoms with Gasteiger partial charge in [0.15, 0.2) is 5.92 Å². The summed E-state index contributed by atoms with van der Waals surface area (Å²) in [6.45, 7) is 0. The smallest absolute Gasteiger partial charge is 0.323 e. The molecule has 0 aromatic rings. The number of hydrogen-bond acceptors (Lipinski definition) is 2. The van der Waals surface area contributed by atoms with Crippen LogP contribution in [0.1, 0.15) is 6.42 Å². The Kier molecular flexibility index (Phi) is 4.29. The van der Waals surface area contributed by atoms with Crippen molar-refractivity contribution in [1.29, 1.82) is 0 Å². The van der Waals surface area contributed by atoms with Gasteiger partial charge in [-0.15, -0.1) is 0 Å². The SMILES string of the molecule is N/N=C(\CC(F)(F)F)C(C(F)(F)F)C(F)(F)F. The highest BCUT2D eigenvalue weighted by Crippen LogP contribution is 2.42. The van der Waals surface area contributed by atoms with Crippen molar-refractivity contribution in [2.24, 2.45) is 16.9 Å². The Balaban J connectivity index is 5.32. The van der Waals surface area contributed by atoms with Crippen LogP contribution in [0.25, 0.3) is 0 Å². The van der Waals surface area contributed by atoms with Crippen LogP contribution in [0, 0.1) is 5.92 Å². The Morgan fingerprint density at radius 1 is 0.882 bits per heavy atom. The second-order valence-corrected chi connectivity index (χ2v) is 2.93. The molecule has 0 aromatic carbocycles. The van der Waals surface area contributed by atoms with Crippen LogP contribution in [0.4, 0.5) is 39.5 Å². The summed E-state index contributed by atoms with van der Waals surface area (Å²) in [5.74, 6) is -0.156. The molecule has 0 aliphatic carbocycles. The van der Waals surface area contributed by atoms with E-state index in [1.165, 1.54) is 0 Å². The standard InChI is InChI=1S/C6H5F9N2/c7-4(8,9)1-2(17-16)3(5(10,11)12)6(13,14)15/h3H,1,16H2/b17-2+. The molecule has 0 aliphatic rings. The third kappa shape index (κ3) is 5.13. The van der Waals surface area contributed by atoms with Gasteiger partial charge in [0.2, 0.25) is 0 Å². The average Bonchev–Trinajstić information content (AvgIpc) is 1.94. The zero-order valence-corrected chi connectivity index (χ0v) is 7.71. The molecule has 2 N–H and O–H groups in total. The molecule has 0 fully saturated rings. The van der Waals surface area contributed by atoms with Crippen LogP contribution in [-0.2, 0) is 0 Å². The zero-order chi connectivity index (χ0) is 14.1. The predicted molar refractivity (Wildman–Crippen MR) is 37.9 cm³/mol. The van der Waals surface area contributed by atoms with Gasteiger partial charge >= 0.3 is 18.5 Å². The van der Waals surface area contributed by atoms with Crippen LogP contribution < -0.4 is 5.84 Å². The van der Waals surface area contributed by atoms with Crippen molar-refractivity contribution in [1.82, 2.24) is 0 Å². The minimum Gasteiger partial charge on any atom is -0.323 e. The molecule has 11 heteroatoms. The fourth-order valence-corrected chi connectivity index (χ4v) is 0.991. The van der Waals surface area contributed by atoms with Crippen LogP contribution >= 0.6 is 0 Å². The first-order chi connectivity index (χ1) is 7.29. The molecule has 0 rings (SSSR count). The van der Waals surface area contributed by atoms with Gasteiger partial charge in [-0.3, -0.25) is 0 Å². The van der Waals surface area contributed by atoms with E-state index in [0.29, 0.717) is 0 Å². The molecule has 2 nitrogen and oxygen atoms in total. The van der Waals surface area contributed by atoms with E-state index in [9.17, 15) is 39.5 Å². The Bertz CT molecular complexity index is 269. The fourth-order valence-electron chi connectivity index (χ4n) is 0.991. The van der Waals surface area contributed by atoms with Gasteiger partial charge in [-0.1, -0.05) is 0 Å². The summed E-state index contributed by atoms with van der Waals surface area (Å²) < 4.78 is 107. The molecule has 0 bridgehead atoms. The van der Waals surface area contributed by atoms with Gasteiger partial charge in [0.05, 0.1) is 12.1 Å². The van der Waals surface area contributed by atoms with Gasteiger partial charge in [-0.25, -0.2) is 0 Å². The maximum absolute atomic E-state index is 12.0. The third-order valence-electron chi connectivity index (χ3n) is 1.54. The Labute approximate surface area is 88.3 Å². The van der Waals surface area contributed by atoms with Crippen molar-refractivity contribution in [2.75, 3.05) is 0 Å². The summed E-state index contributed by atoms with van der Waals surface area (Å²) >= 11 is 0. The molecule has 0 spiro atoms. The molecule has 0 radical (unpaired) electrons. The third-order valence-corrected chi connectivity index (χ3v) is 1.54. The highest BCUT2D eigenvalue weighted by molar-refractivity contribution is 5.88. The summed E-state index contributed by atoms with van der Waals surface area (Å²) in [6.07, 6.45) is -19.6. The second-order valence-electron chi connectivity index (χ2n) is 2.93. The van der Waals surface area contributed by atoms with Gasteiger partial charge in [0.1, 0.15) is 0 Å². The molecule has 0 aromatic heterocycles. The molecule has 0 saturated carbocycles. The number of nitrogens with zero attached hydrogens (tertiary/aromatic N) is 1. The van der Waals surface area contributed by atoms with Crippen molar-refractivity contribution < 1.29 is 39.5 Å². The lowest BCUT2D eigenvalue weighted by molar-refractivity contribution is -0.262. The topological polar surface area (TPSA) is 38.4 Å². The number of halogens is 9. The van der Waals surface area contributed by atoms with Crippen LogP contribution in [0.3, 0.4) is 0 Å². The summed E-state index contributed by atoms with van der Waals surface area (Å²) in [5.41, 5.74) is -2.22. The molecule has 0 saturated heterocycles. The van der Waals surface area contributed by atoms with Crippen LogP contribution in [-0.4, -0.2) is 24.2 Å². The first-order valence-corrected chi connectivity index (χ1v) is 3.76. The van der Waals surface area contributed by atoms with Gasteiger partial charge in [-0.2, -0.15) is 44.6 Å². The van der Waals surface area contributed by atoms with Gasteiger partial charge in [0, 0.05) is 0 Å². The quantitative estimate of drug-likeness (QED) is 0.358. The molecule has 0 atom stereocenters. The number of hydrogen-bond donors (Lipinski definition) is 1. The van der Waals surface area contributed by atoms with E-state index < -0.39 is 36.6 Å². The summed E-state index contributed by atoms with van der Waals surface area (Å²) in [5, 5.41) is 1.96. The fraction of sp³-hybridized carbons (Fsp3) is 0.833. The molecule has 0 unspecified atom stereocenters. The van der Waals surface area contributed by atoms with Crippen LogP contribution in [0.5, 0.6) is 0 Å². The first kappa shape index (κ1) is 15.8. The second kappa shape index (κ2) is 4.61. The molecule has 17 heavy (non-hydrogen) atoms. The minimum atomic E-state index is -5.94. The monoisotopic (exact) mass is 276 g/mol. The molecular weight excluding hydrogens is 271 g/mol. The minimum absolute atomic E-state index is 1.96. The largest absolute Gasteiger partial charge is 0.405 e. The van der Waals surface area contributed by atoms with Gasteiger partial charge in [-0.05, 0) is 0 Å². The highest BCUT2D eigenvalue weighted by atomic mass is 19.4. The van der Waals surface area contributed by atoms with E-state index in [1.807, 2.05) is 5.10 Å². The lowest BCUT2D eigenvalue weighted by Crippen LogP contribution is -2.44. The molecule has 0 amide bonds. The highest BCUT2D eigenvalue weighted by Gasteiger charge is 2.60. The van der Waals surface area contributed by atoms with Crippen molar-refractivity contribution in [3.05, 3.63) is 0 Å². The van der Waals surface area contributed by atoms with Crippen molar-refractivity contribution in [3.8, 4) is 0 Å². The van der Waals surface area contributed by atoms with E-state index in [0.717, 1.165) is 0 Å². The van der Waals surface area contributed by atoms with Gasteiger partial charge in [0.25, 0.3) is 0 Å². The number of hydrazone groups is 1. The van der Waals surface area contributed by atoms with Crippen LogP contribution in [0.2, 0.25) is 0 Å². The maximum Gasteiger partial charge on any atom is 0.405 e. The van der Waals surface area contributed by atoms with E-state index in [4.69, 9.17) is 0 Å². The average molecular weight is 276 g/mol. The van der Waals surface area contributed by atoms with E-state index in [-0.39, 0.29) is 0 Å². The van der Waals surface area contributed by atoms with E-state index in [1.54, 1.807) is 0 Å². The Hall–Kier alpha value is -1.16. The predicted octanol–water partition coefficient (Wildman–Crippen LogP) is 2.99. The number of nitrogens with two attached hydrogens (primary N) is 1. The molecule has 0 aliphatic heterocycles. The summed E-state index contributed by atoms with van der Waals surface area (Å²) in [6, 6.07) is 0. The Morgan fingerprint density at radius 2 is 1.24 bits per heavy atom. The normalized spacial score (nSPS) is 15.5. The first-order valence-electron chi connectivity index (χ1n) is 3.76. The lowest BCUT2D eigenvalue weighted by atomic mass is 9.99. The van der Waals surface area contributed by atoms with Crippen LogP contribution in [0.15, 0.2) is 5.10 Å². The van der Waals surface area contributed by atoms with E-state index in [2.05, 4.69) is 5.84 Å². The van der Waals surface area contributed by atoms with Crippen molar-refractivity contribution in [2.45, 2.75) is 24.9 Å². The summed E-state index contributed by atoms with van der Waals surface area (Å²) in [7, 11) is 0. The molecule has 102 valence electrons. The van der Waals surface area contributed by atoms with Gasteiger partial charge < -0.3 is 5.84 Å². The Morgan fingerprint density at radius 3 is 1.41 bits per heavy atom. The number of rotatable bonds is 2.